The topological polar surface area (TPSA) is 72.5 Å². The second-order valence-corrected chi connectivity index (χ2v) is 6.00. The first-order valence-electron chi connectivity index (χ1n) is 8.02. The van der Waals surface area contributed by atoms with Gasteiger partial charge in [0.25, 0.3) is 0 Å². The van der Waals surface area contributed by atoms with Crippen molar-refractivity contribution in [2.24, 2.45) is 0 Å². The van der Waals surface area contributed by atoms with Crippen LogP contribution in [0.15, 0.2) is 24.3 Å². The van der Waals surface area contributed by atoms with Crippen LogP contribution in [0.25, 0.3) is 0 Å². The number of hydrogen-bond donors (Lipinski definition) is 2. The molecule has 2 N–H and O–H groups in total. The minimum Gasteiger partial charge on any atom is -0.388 e. The molecule has 138 valence electrons. The lowest BCUT2D eigenvalue weighted by Gasteiger charge is -2.18. The zero-order valence-electron chi connectivity index (χ0n) is 16.5. The van der Waals surface area contributed by atoms with E-state index < -0.39 is 0 Å². The Kier molecular flexibility index (Phi) is 7.71. The Balaban J connectivity index is 0.000000271. The number of nitrogens with zero attached hydrogens (tertiary/aromatic N) is 6. The first-order valence-corrected chi connectivity index (χ1v) is 8.02. The standard InChI is InChI=1S/C9H18N6.C8H12N2/c1-13(2)7-10-8(14(3)4)12-9(11-7)15(5)6;1-9-7-3-5-8(10-2)6-4-7/h1-6H3;3-6,9-10H,1-2H3. The monoisotopic (exact) mass is 346 g/mol. The molecule has 1 aromatic heterocycles. The van der Waals surface area contributed by atoms with E-state index in [-0.39, 0.29) is 0 Å². The Morgan fingerprint density at radius 3 is 0.960 bits per heavy atom. The fraction of sp³-hybridized carbons (Fsp3) is 0.471. The second-order valence-electron chi connectivity index (χ2n) is 6.00. The molecular weight excluding hydrogens is 316 g/mol. The predicted octanol–water partition coefficient (Wildman–Crippen LogP) is 1.84. The van der Waals surface area contributed by atoms with Crippen molar-refractivity contribution in [3.63, 3.8) is 0 Å². The first kappa shape index (κ1) is 20.3. The molecule has 0 saturated carbocycles. The first-order chi connectivity index (χ1) is 11.8. The van der Waals surface area contributed by atoms with Crippen molar-refractivity contribution in [3.8, 4) is 0 Å². The molecule has 1 aromatic carbocycles. The van der Waals surface area contributed by atoms with Crippen molar-refractivity contribution < 1.29 is 0 Å². The van der Waals surface area contributed by atoms with E-state index >= 15 is 0 Å². The van der Waals surface area contributed by atoms with Crippen molar-refractivity contribution in [1.29, 1.82) is 0 Å². The third-order valence-corrected chi connectivity index (χ3v) is 3.26. The van der Waals surface area contributed by atoms with Gasteiger partial charge in [-0.3, -0.25) is 0 Å². The number of hydrogen-bond acceptors (Lipinski definition) is 8. The van der Waals surface area contributed by atoms with E-state index in [1.165, 1.54) is 0 Å². The summed E-state index contributed by atoms with van der Waals surface area (Å²) >= 11 is 0. The molecule has 0 amide bonds. The van der Waals surface area contributed by atoms with Crippen LogP contribution in [0.1, 0.15) is 0 Å². The Hall–Kier alpha value is -2.77. The molecule has 0 saturated heterocycles. The highest BCUT2D eigenvalue weighted by atomic mass is 15.4. The third kappa shape index (κ3) is 6.33. The van der Waals surface area contributed by atoms with E-state index in [9.17, 15) is 0 Å². The number of rotatable bonds is 5. The molecule has 0 bridgehead atoms. The quantitative estimate of drug-likeness (QED) is 0.850. The lowest BCUT2D eigenvalue weighted by Crippen LogP contribution is -2.22. The van der Waals surface area contributed by atoms with Crippen LogP contribution in [0.5, 0.6) is 0 Å². The number of aromatic nitrogens is 3. The van der Waals surface area contributed by atoms with E-state index in [4.69, 9.17) is 0 Å². The smallest absolute Gasteiger partial charge is 0.231 e. The molecule has 0 unspecified atom stereocenters. The van der Waals surface area contributed by atoms with Crippen LogP contribution in [0, 0.1) is 0 Å². The van der Waals surface area contributed by atoms with Gasteiger partial charge in [0.2, 0.25) is 17.8 Å². The van der Waals surface area contributed by atoms with Gasteiger partial charge < -0.3 is 25.3 Å². The SMILES string of the molecule is CN(C)c1nc(N(C)C)nc(N(C)C)n1.CNc1ccc(NC)cc1. The van der Waals surface area contributed by atoms with Gasteiger partial charge in [0.05, 0.1) is 0 Å². The van der Waals surface area contributed by atoms with Crippen LogP contribution < -0.4 is 25.3 Å². The van der Waals surface area contributed by atoms with E-state index in [0.717, 1.165) is 11.4 Å². The molecule has 0 radical (unpaired) electrons. The van der Waals surface area contributed by atoms with Crippen molar-refractivity contribution in [2.45, 2.75) is 0 Å². The fourth-order valence-corrected chi connectivity index (χ4v) is 1.75. The van der Waals surface area contributed by atoms with Gasteiger partial charge in [0, 0.05) is 67.8 Å². The van der Waals surface area contributed by atoms with Gasteiger partial charge in [-0.05, 0) is 24.3 Å². The fourth-order valence-electron chi connectivity index (χ4n) is 1.75. The second kappa shape index (κ2) is 9.51. The summed E-state index contributed by atoms with van der Waals surface area (Å²) in [5, 5.41) is 6.10. The van der Waals surface area contributed by atoms with E-state index in [2.05, 4.69) is 25.6 Å². The molecule has 0 aliphatic carbocycles. The third-order valence-electron chi connectivity index (χ3n) is 3.26. The van der Waals surface area contributed by atoms with Gasteiger partial charge in [-0.15, -0.1) is 0 Å². The lowest BCUT2D eigenvalue weighted by molar-refractivity contribution is 0.886. The summed E-state index contributed by atoms with van der Waals surface area (Å²) in [5.74, 6) is 1.99. The van der Waals surface area contributed by atoms with Gasteiger partial charge in [-0.2, -0.15) is 15.0 Å². The summed E-state index contributed by atoms with van der Waals surface area (Å²) in [6.45, 7) is 0. The van der Waals surface area contributed by atoms with Crippen LogP contribution in [-0.4, -0.2) is 71.3 Å². The number of nitrogens with one attached hydrogen (secondary N) is 2. The largest absolute Gasteiger partial charge is 0.388 e. The highest BCUT2D eigenvalue weighted by Gasteiger charge is 2.10. The average Bonchev–Trinajstić information content (AvgIpc) is 2.61. The van der Waals surface area contributed by atoms with Crippen LogP contribution >= 0.6 is 0 Å². The molecule has 8 nitrogen and oxygen atoms in total. The molecule has 2 aromatic rings. The molecule has 0 aliphatic rings. The summed E-state index contributed by atoms with van der Waals surface area (Å²) in [4.78, 5) is 18.5. The van der Waals surface area contributed by atoms with Gasteiger partial charge in [-0.25, -0.2) is 0 Å². The summed E-state index contributed by atoms with van der Waals surface area (Å²) in [7, 11) is 15.3. The number of benzene rings is 1. The Bertz CT molecular complexity index is 550. The lowest BCUT2D eigenvalue weighted by atomic mass is 10.3. The molecular formula is C17H30N8. The van der Waals surface area contributed by atoms with Crippen molar-refractivity contribution in [2.75, 3.05) is 81.7 Å². The maximum absolute atomic E-state index is 4.32. The molecule has 0 fully saturated rings. The van der Waals surface area contributed by atoms with E-state index in [0.29, 0.717) is 17.8 Å². The van der Waals surface area contributed by atoms with E-state index in [1.54, 1.807) is 0 Å². The molecule has 2 rings (SSSR count). The zero-order valence-corrected chi connectivity index (χ0v) is 16.5. The minimum atomic E-state index is 0.664. The normalized spacial score (nSPS) is 9.60. The van der Waals surface area contributed by atoms with Gasteiger partial charge >= 0.3 is 0 Å². The van der Waals surface area contributed by atoms with Crippen LogP contribution in [0.4, 0.5) is 29.2 Å². The molecule has 8 heteroatoms. The molecule has 1 heterocycles. The zero-order chi connectivity index (χ0) is 19.0. The highest BCUT2D eigenvalue weighted by molar-refractivity contribution is 5.52. The van der Waals surface area contributed by atoms with Crippen LogP contribution in [0.3, 0.4) is 0 Å². The summed E-state index contributed by atoms with van der Waals surface area (Å²) < 4.78 is 0. The van der Waals surface area contributed by atoms with Gasteiger partial charge in [-0.1, -0.05) is 0 Å². The Morgan fingerprint density at radius 1 is 0.560 bits per heavy atom. The van der Waals surface area contributed by atoms with Gasteiger partial charge in [0.15, 0.2) is 0 Å². The van der Waals surface area contributed by atoms with Crippen LogP contribution in [0.2, 0.25) is 0 Å². The van der Waals surface area contributed by atoms with Crippen molar-refractivity contribution in [3.05, 3.63) is 24.3 Å². The average molecular weight is 346 g/mol. The molecule has 25 heavy (non-hydrogen) atoms. The van der Waals surface area contributed by atoms with Crippen LogP contribution in [-0.2, 0) is 0 Å². The Morgan fingerprint density at radius 2 is 0.800 bits per heavy atom. The highest BCUT2D eigenvalue weighted by Crippen LogP contribution is 2.14. The summed E-state index contributed by atoms with van der Waals surface area (Å²) in [5.41, 5.74) is 2.28. The maximum Gasteiger partial charge on any atom is 0.231 e. The molecule has 0 aliphatic heterocycles. The summed E-state index contributed by atoms with van der Waals surface area (Å²) in [6.07, 6.45) is 0. The van der Waals surface area contributed by atoms with Gasteiger partial charge in [0.1, 0.15) is 0 Å². The number of anilines is 5. The summed E-state index contributed by atoms with van der Waals surface area (Å²) in [6, 6.07) is 8.13. The molecule has 0 spiro atoms. The molecule has 0 atom stereocenters. The minimum absolute atomic E-state index is 0.664. The Labute approximate surface area is 150 Å². The van der Waals surface area contributed by atoms with E-state index in [1.807, 2.05) is 95.3 Å². The van der Waals surface area contributed by atoms with Crippen molar-refractivity contribution >= 4 is 29.2 Å². The van der Waals surface area contributed by atoms with Crippen molar-refractivity contribution in [1.82, 2.24) is 15.0 Å². The maximum atomic E-state index is 4.32. The predicted molar refractivity (Wildman–Crippen MR) is 108 cm³/mol.